The summed E-state index contributed by atoms with van der Waals surface area (Å²) < 4.78 is 16.9. The van der Waals surface area contributed by atoms with Crippen molar-refractivity contribution in [1.29, 1.82) is 0 Å². The van der Waals surface area contributed by atoms with Crippen molar-refractivity contribution in [3.8, 4) is 11.5 Å². The highest BCUT2D eigenvalue weighted by Gasteiger charge is 2.11. The molecule has 1 saturated heterocycles. The van der Waals surface area contributed by atoms with E-state index < -0.39 is 0 Å². The molecule has 0 saturated carbocycles. The number of hydrogen-bond acceptors (Lipinski definition) is 4. The molecule has 2 aliphatic rings. The van der Waals surface area contributed by atoms with Crippen molar-refractivity contribution in [1.82, 2.24) is 4.90 Å². The quantitative estimate of drug-likeness (QED) is 0.754. The third kappa shape index (κ3) is 4.35. The van der Waals surface area contributed by atoms with E-state index in [9.17, 15) is 0 Å². The molecule has 0 N–H and O–H groups in total. The molecule has 0 atom stereocenters. The second-order valence-corrected chi connectivity index (χ2v) is 5.73. The first-order chi connectivity index (χ1) is 10.4. The van der Waals surface area contributed by atoms with Gasteiger partial charge in [0.25, 0.3) is 0 Å². The van der Waals surface area contributed by atoms with Crippen LogP contribution in [0.4, 0.5) is 0 Å². The van der Waals surface area contributed by atoms with Crippen LogP contribution in [0.25, 0.3) is 0 Å². The highest BCUT2D eigenvalue weighted by Crippen LogP contribution is 2.29. The summed E-state index contributed by atoms with van der Waals surface area (Å²) in [6.45, 7) is 6.67. The minimum atomic E-state index is 0.781. The van der Waals surface area contributed by atoms with Gasteiger partial charge in [0, 0.05) is 19.2 Å². The smallest absolute Gasteiger partial charge is 0.126 e. The Morgan fingerprint density at radius 2 is 2.00 bits per heavy atom. The van der Waals surface area contributed by atoms with E-state index in [1.165, 1.54) is 12.0 Å². The molecule has 0 aromatic heterocycles. The molecule has 4 nitrogen and oxygen atoms in total. The van der Waals surface area contributed by atoms with Gasteiger partial charge in [-0.25, -0.2) is 0 Å². The van der Waals surface area contributed by atoms with E-state index in [-0.39, 0.29) is 0 Å². The molecular formula is C17H25NO3. The van der Waals surface area contributed by atoms with Crippen LogP contribution in [0, 0.1) is 0 Å². The summed E-state index contributed by atoms with van der Waals surface area (Å²) in [5.74, 6) is 1.94. The first-order valence-corrected chi connectivity index (χ1v) is 8.10. The SMILES string of the molecule is c1cc2c(cc1OCCCCN1CCOCC1)OCCC2. The molecule has 0 aliphatic carbocycles. The molecule has 0 amide bonds. The second kappa shape index (κ2) is 7.66. The van der Waals surface area contributed by atoms with Crippen LogP contribution >= 0.6 is 0 Å². The zero-order valence-corrected chi connectivity index (χ0v) is 12.7. The highest BCUT2D eigenvalue weighted by atomic mass is 16.5. The fourth-order valence-corrected chi connectivity index (χ4v) is 2.86. The summed E-state index contributed by atoms with van der Waals surface area (Å²) >= 11 is 0. The van der Waals surface area contributed by atoms with E-state index in [1.54, 1.807) is 0 Å². The topological polar surface area (TPSA) is 30.9 Å². The first kappa shape index (κ1) is 14.7. The van der Waals surface area contributed by atoms with Crippen LogP contribution in [0.5, 0.6) is 11.5 Å². The number of ether oxygens (including phenoxy) is 3. The average molecular weight is 291 g/mol. The standard InChI is InChI=1S/C17H25NO3/c1(7-18-8-12-19-13-9-18)2-10-20-16-6-5-15-4-3-11-21-17(15)14-16/h5-6,14H,1-4,7-13H2. The number of nitrogens with zero attached hydrogens (tertiary/aromatic N) is 1. The van der Waals surface area contributed by atoms with Gasteiger partial charge in [0.1, 0.15) is 11.5 Å². The fraction of sp³-hybridized carbons (Fsp3) is 0.647. The van der Waals surface area contributed by atoms with E-state index in [1.807, 2.05) is 6.07 Å². The Balaban J connectivity index is 1.35. The predicted molar refractivity (Wildman–Crippen MR) is 82.2 cm³/mol. The van der Waals surface area contributed by atoms with Gasteiger partial charge in [-0.2, -0.15) is 0 Å². The van der Waals surface area contributed by atoms with Crippen molar-refractivity contribution in [2.24, 2.45) is 0 Å². The molecule has 1 aromatic rings. The van der Waals surface area contributed by atoms with E-state index >= 15 is 0 Å². The third-order valence-corrected chi connectivity index (χ3v) is 4.13. The van der Waals surface area contributed by atoms with Gasteiger partial charge in [0.15, 0.2) is 0 Å². The summed E-state index contributed by atoms with van der Waals surface area (Å²) in [6, 6.07) is 6.24. The monoisotopic (exact) mass is 291 g/mol. The zero-order valence-electron chi connectivity index (χ0n) is 12.7. The van der Waals surface area contributed by atoms with Crippen LogP contribution in [0.2, 0.25) is 0 Å². The molecule has 2 aliphatic heterocycles. The Bertz CT molecular complexity index is 444. The lowest BCUT2D eigenvalue weighted by atomic mass is 10.1. The van der Waals surface area contributed by atoms with Gasteiger partial charge in [0.2, 0.25) is 0 Å². The lowest BCUT2D eigenvalue weighted by Crippen LogP contribution is -2.36. The highest BCUT2D eigenvalue weighted by molar-refractivity contribution is 5.41. The number of fused-ring (bicyclic) bond motifs is 1. The average Bonchev–Trinajstić information content (AvgIpc) is 2.55. The molecule has 2 heterocycles. The molecule has 0 radical (unpaired) electrons. The molecule has 0 unspecified atom stereocenters. The zero-order chi connectivity index (χ0) is 14.3. The third-order valence-electron chi connectivity index (χ3n) is 4.13. The van der Waals surface area contributed by atoms with E-state index in [0.717, 1.165) is 76.8 Å². The van der Waals surface area contributed by atoms with Gasteiger partial charge in [0.05, 0.1) is 26.4 Å². The molecule has 0 spiro atoms. The number of rotatable bonds is 6. The van der Waals surface area contributed by atoms with Crippen molar-refractivity contribution >= 4 is 0 Å². The summed E-state index contributed by atoms with van der Waals surface area (Å²) in [4.78, 5) is 2.47. The minimum Gasteiger partial charge on any atom is -0.493 e. The van der Waals surface area contributed by atoms with Crippen molar-refractivity contribution in [2.75, 3.05) is 46.1 Å². The van der Waals surface area contributed by atoms with Gasteiger partial charge in [-0.15, -0.1) is 0 Å². The summed E-state index contributed by atoms with van der Waals surface area (Å²) in [7, 11) is 0. The van der Waals surface area contributed by atoms with Gasteiger partial charge in [-0.3, -0.25) is 4.90 Å². The number of unbranched alkanes of at least 4 members (excludes halogenated alkanes) is 1. The molecule has 4 heteroatoms. The molecule has 1 fully saturated rings. The number of benzene rings is 1. The number of hydrogen-bond donors (Lipinski definition) is 0. The van der Waals surface area contributed by atoms with Gasteiger partial charge < -0.3 is 14.2 Å². The Morgan fingerprint density at radius 1 is 1.10 bits per heavy atom. The largest absolute Gasteiger partial charge is 0.493 e. The van der Waals surface area contributed by atoms with Crippen LogP contribution < -0.4 is 9.47 Å². The second-order valence-electron chi connectivity index (χ2n) is 5.73. The van der Waals surface area contributed by atoms with Crippen molar-refractivity contribution in [3.63, 3.8) is 0 Å². The summed E-state index contributed by atoms with van der Waals surface area (Å²) in [5, 5.41) is 0. The number of morpholine rings is 1. The van der Waals surface area contributed by atoms with Crippen LogP contribution in [0.3, 0.4) is 0 Å². The van der Waals surface area contributed by atoms with E-state index in [4.69, 9.17) is 14.2 Å². The first-order valence-electron chi connectivity index (χ1n) is 8.10. The molecule has 21 heavy (non-hydrogen) atoms. The van der Waals surface area contributed by atoms with Crippen LogP contribution in [0.1, 0.15) is 24.8 Å². The Morgan fingerprint density at radius 3 is 2.90 bits per heavy atom. The molecular weight excluding hydrogens is 266 g/mol. The van der Waals surface area contributed by atoms with Crippen LogP contribution in [0.15, 0.2) is 18.2 Å². The van der Waals surface area contributed by atoms with Gasteiger partial charge >= 0.3 is 0 Å². The van der Waals surface area contributed by atoms with Crippen LogP contribution in [-0.2, 0) is 11.2 Å². The van der Waals surface area contributed by atoms with Crippen molar-refractivity contribution in [2.45, 2.75) is 25.7 Å². The van der Waals surface area contributed by atoms with Crippen molar-refractivity contribution < 1.29 is 14.2 Å². The van der Waals surface area contributed by atoms with Gasteiger partial charge in [-0.05, 0) is 43.9 Å². The van der Waals surface area contributed by atoms with E-state index in [0.29, 0.717) is 0 Å². The fourth-order valence-electron chi connectivity index (χ4n) is 2.86. The summed E-state index contributed by atoms with van der Waals surface area (Å²) in [6.07, 6.45) is 4.51. The lowest BCUT2D eigenvalue weighted by molar-refractivity contribution is 0.0368. The van der Waals surface area contributed by atoms with E-state index in [2.05, 4.69) is 17.0 Å². The maximum atomic E-state index is 5.84. The van der Waals surface area contributed by atoms with Crippen molar-refractivity contribution in [3.05, 3.63) is 23.8 Å². The molecule has 3 rings (SSSR count). The van der Waals surface area contributed by atoms with Gasteiger partial charge in [-0.1, -0.05) is 6.07 Å². The van der Waals surface area contributed by atoms with Crippen LogP contribution in [-0.4, -0.2) is 51.0 Å². The molecule has 1 aromatic carbocycles. The normalized spacial score (nSPS) is 18.9. The lowest BCUT2D eigenvalue weighted by Gasteiger charge is -2.26. The summed E-state index contributed by atoms with van der Waals surface area (Å²) in [5.41, 5.74) is 1.31. The number of aryl methyl sites for hydroxylation is 1. The maximum absolute atomic E-state index is 5.84. The Hall–Kier alpha value is -1.26. The molecule has 116 valence electrons. The predicted octanol–water partition coefficient (Wildman–Crippen LogP) is 2.50. The maximum Gasteiger partial charge on any atom is 0.126 e. The minimum absolute atomic E-state index is 0.781. The Kier molecular flexibility index (Phi) is 5.35. The Labute approximate surface area is 127 Å². The molecule has 0 bridgehead atoms.